The van der Waals surface area contributed by atoms with Gasteiger partial charge in [-0.05, 0) is 36.6 Å². The number of nitrogens with zero attached hydrogens (tertiary/aromatic N) is 1. The molecule has 1 fully saturated rings. The monoisotopic (exact) mass is 314 g/mol. The molecule has 1 N–H and O–H groups in total. The Hall–Kier alpha value is -0.940. The van der Waals surface area contributed by atoms with E-state index in [0.717, 1.165) is 22.9 Å². The second-order valence-corrected chi connectivity index (χ2v) is 5.43. The van der Waals surface area contributed by atoms with Crippen LogP contribution in [0.2, 0.25) is 0 Å². The summed E-state index contributed by atoms with van der Waals surface area (Å²) in [6, 6.07) is 4.97. The molecule has 0 aromatic heterocycles. The molecular weight excluding hydrogens is 299 g/mol. The van der Waals surface area contributed by atoms with Crippen LogP contribution in [0, 0.1) is 5.82 Å². The molecule has 5 heteroatoms. The minimum Gasteiger partial charge on any atom is -0.342 e. The zero-order valence-electron chi connectivity index (χ0n) is 10.2. The van der Waals surface area contributed by atoms with Gasteiger partial charge in [0.25, 0.3) is 0 Å². The third-order valence-electron chi connectivity index (χ3n) is 3.09. The second kappa shape index (κ2) is 5.80. The van der Waals surface area contributed by atoms with Crippen LogP contribution < -0.4 is 5.32 Å². The van der Waals surface area contributed by atoms with Gasteiger partial charge in [-0.1, -0.05) is 15.9 Å². The fourth-order valence-electron chi connectivity index (χ4n) is 1.77. The predicted molar refractivity (Wildman–Crippen MR) is 71.6 cm³/mol. The van der Waals surface area contributed by atoms with Crippen molar-refractivity contribution in [2.24, 2.45) is 0 Å². The van der Waals surface area contributed by atoms with E-state index in [1.807, 2.05) is 7.05 Å². The lowest BCUT2D eigenvalue weighted by molar-refractivity contribution is -0.129. The number of hydrogen-bond acceptors (Lipinski definition) is 2. The van der Waals surface area contributed by atoms with Crippen LogP contribution in [0.1, 0.15) is 18.4 Å². The molecule has 0 heterocycles. The molecule has 0 atom stereocenters. The lowest BCUT2D eigenvalue weighted by Crippen LogP contribution is -2.36. The normalized spacial score (nSPS) is 14.6. The summed E-state index contributed by atoms with van der Waals surface area (Å²) in [5.41, 5.74) is 0.817. The number of carbonyl (C=O) groups is 1. The second-order valence-electron chi connectivity index (χ2n) is 4.58. The van der Waals surface area contributed by atoms with Crippen LogP contribution in [0.5, 0.6) is 0 Å². The van der Waals surface area contributed by atoms with Gasteiger partial charge in [-0.15, -0.1) is 0 Å². The van der Waals surface area contributed by atoms with E-state index in [0.29, 0.717) is 12.6 Å². The van der Waals surface area contributed by atoms with E-state index in [9.17, 15) is 9.18 Å². The SMILES string of the molecule is CN(C(=O)CNCc1cc(F)ccc1Br)C1CC1. The number of rotatable bonds is 5. The molecule has 1 aliphatic rings. The molecule has 1 saturated carbocycles. The average Bonchev–Trinajstić information content (AvgIpc) is 3.16. The van der Waals surface area contributed by atoms with Gasteiger partial charge in [-0.25, -0.2) is 4.39 Å². The Morgan fingerprint density at radius 2 is 2.28 bits per heavy atom. The first-order valence-corrected chi connectivity index (χ1v) is 6.77. The Bertz CT molecular complexity index is 449. The van der Waals surface area contributed by atoms with Gasteiger partial charge >= 0.3 is 0 Å². The van der Waals surface area contributed by atoms with Crippen LogP contribution in [0.3, 0.4) is 0 Å². The van der Waals surface area contributed by atoms with Crippen molar-refractivity contribution in [2.75, 3.05) is 13.6 Å². The third-order valence-corrected chi connectivity index (χ3v) is 3.86. The van der Waals surface area contributed by atoms with E-state index < -0.39 is 0 Å². The molecule has 0 aliphatic heterocycles. The minimum absolute atomic E-state index is 0.0880. The molecule has 3 nitrogen and oxygen atoms in total. The Kier molecular flexibility index (Phi) is 4.35. The van der Waals surface area contributed by atoms with Crippen LogP contribution in [0.15, 0.2) is 22.7 Å². The van der Waals surface area contributed by atoms with Gasteiger partial charge < -0.3 is 10.2 Å². The van der Waals surface area contributed by atoms with E-state index in [-0.39, 0.29) is 18.3 Å². The largest absolute Gasteiger partial charge is 0.342 e. The lowest BCUT2D eigenvalue weighted by atomic mass is 10.2. The summed E-state index contributed by atoms with van der Waals surface area (Å²) in [6.45, 7) is 0.762. The van der Waals surface area contributed by atoms with Crippen molar-refractivity contribution < 1.29 is 9.18 Å². The Morgan fingerprint density at radius 1 is 1.56 bits per heavy atom. The summed E-state index contributed by atoms with van der Waals surface area (Å²) >= 11 is 3.36. The average molecular weight is 315 g/mol. The highest BCUT2D eigenvalue weighted by atomic mass is 79.9. The van der Waals surface area contributed by atoms with Gasteiger partial charge in [0.1, 0.15) is 5.82 Å². The highest BCUT2D eigenvalue weighted by molar-refractivity contribution is 9.10. The number of halogens is 2. The van der Waals surface area contributed by atoms with Crippen molar-refractivity contribution >= 4 is 21.8 Å². The maximum absolute atomic E-state index is 13.1. The smallest absolute Gasteiger partial charge is 0.236 e. The summed E-state index contributed by atoms with van der Waals surface area (Å²) in [5.74, 6) is -0.179. The Balaban J connectivity index is 1.80. The summed E-state index contributed by atoms with van der Waals surface area (Å²) in [6.07, 6.45) is 2.22. The van der Waals surface area contributed by atoms with Gasteiger partial charge in [-0.3, -0.25) is 4.79 Å². The number of hydrogen-bond donors (Lipinski definition) is 1. The molecule has 0 spiro atoms. The van der Waals surface area contributed by atoms with Crippen molar-refractivity contribution in [1.82, 2.24) is 10.2 Å². The van der Waals surface area contributed by atoms with Gasteiger partial charge in [-0.2, -0.15) is 0 Å². The fraction of sp³-hybridized carbons (Fsp3) is 0.462. The maximum atomic E-state index is 13.1. The zero-order valence-corrected chi connectivity index (χ0v) is 11.8. The number of nitrogens with one attached hydrogen (secondary N) is 1. The molecule has 0 saturated heterocycles. The van der Waals surface area contributed by atoms with E-state index in [1.165, 1.54) is 12.1 Å². The number of amides is 1. The molecule has 1 amide bonds. The molecule has 1 aromatic carbocycles. The Morgan fingerprint density at radius 3 is 2.94 bits per heavy atom. The maximum Gasteiger partial charge on any atom is 0.236 e. The quantitative estimate of drug-likeness (QED) is 0.904. The van der Waals surface area contributed by atoms with Gasteiger partial charge in [0.15, 0.2) is 0 Å². The van der Waals surface area contributed by atoms with E-state index in [2.05, 4.69) is 21.2 Å². The van der Waals surface area contributed by atoms with Crippen LogP contribution in [-0.2, 0) is 11.3 Å². The van der Waals surface area contributed by atoms with Crippen molar-refractivity contribution in [2.45, 2.75) is 25.4 Å². The molecule has 2 rings (SSSR count). The summed E-state index contributed by atoms with van der Waals surface area (Å²) < 4.78 is 13.9. The van der Waals surface area contributed by atoms with E-state index >= 15 is 0 Å². The summed E-state index contributed by atoms with van der Waals surface area (Å²) in [5, 5.41) is 3.05. The van der Waals surface area contributed by atoms with Gasteiger partial charge in [0.2, 0.25) is 5.91 Å². The topological polar surface area (TPSA) is 32.3 Å². The summed E-state index contributed by atoms with van der Waals surface area (Å²) in [4.78, 5) is 13.5. The van der Waals surface area contributed by atoms with Crippen LogP contribution in [-0.4, -0.2) is 30.4 Å². The Labute approximate surface area is 114 Å². The first-order valence-electron chi connectivity index (χ1n) is 5.98. The molecule has 18 heavy (non-hydrogen) atoms. The van der Waals surface area contributed by atoms with Gasteiger partial charge in [0.05, 0.1) is 6.54 Å². The molecular formula is C13H16BrFN2O. The molecule has 1 aliphatic carbocycles. The van der Waals surface area contributed by atoms with Gasteiger partial charge in [0, 0.05) is 24.1 Å². The molecule has 1 aromatic rings. The number of likely N-dealkylation sites (N-methyl/N-ethyl adjacent to an activating group) is 1. The zero-order chi connectivity index (χ0) is 13.1. The highest BCUT2D eigenvalue weighted by Crippen LogP contribution is 2.25. The first-order chi connectivity index (χ1) is 8.58. The van der Waals surface area contributed by atoms with E-state index in [1.54, 1.807) is 11.0 Å². The third kappa shape index (κ3) is 3.53. The summed E-state index contributed by atoms with van der Waals surface area (Å²) in [7, 11) is 1.83. The lowest BCUT2D eigenvalue weighted by Gasteiger charge is -2.16. The first kappa shape index (κ1) is 13.5. The molecule has 0 bridgehead atoms. The molecule has 98 valence electrons. The van der Waals surface area contributed by atoms with Crippen molar-refractivity contribution in [3.8, 4) is 0 Å². The number of carbonyl (C=O) groups excluding carboxylic acids is 1. The molecule has 0 radical (unpaired) electrons. The van der Waals surface area contributed by atoms with Crippen molar-refractivity contribution in [3.05, 3.63) is 34.1 Å². The van der Waals surface area contributed by atoms with Crippen molar-refractivity contribution in [3.63, 3.8) is 0 Å². The standard InChI is InChI=1S/C13H16BrFN2O/c1-17(11-3-4-11)13(18)8-16-7-9-6-10(15)2-5-12(9)14/h2,5-6,11,16H,3-4,7-8H2,1H3. The van der Waals surface area contributed by atoms with Crippen molar-refractivity contribution in [1.29, 1.82) is 0 Å². The highest BCUT2D eigenvalue weighted by Gasteiger charge is 2.28. The van der Waals surface area contributed by atoms with Crippen LogP contribution in [0.25, 0.3) is 0 Å². The fourth-order valence-corrected chi connectivity index (χ4v) is 2.16. The predicted octanol–water partition coefficient (Wildman–Crippen LogP) is 2.30. The van der Waals surface area contributed by atoms with E-state index in [4.69, 9.17) is 0 Å². The van der Waals surface area contributed by atoms with Crippen LogP contribution >= 0.6 is 15.9 Å². The van der Waals surface area contributed by atoms with Crippen LogP contribution in [0.4, 0.5) is 4.39 Å². The molecule has 0 unspecified atom stereocenters. The minimum atomic E-state index is -0.267. The number of benzene rings is 1.